The van der Waals surface area contributed by atoms with Crippen LogP contribution in [-0.4, -0.2) is 48.0 Å². The van der Waals surface area contributed by atoms with Crippen molar-refractivity contribution in [3.05, 3.63) is 96.4 Å². The maximum atomic E-state index is 16.6. The van der Waals surface area contributed by atoms with Gasteiger partial charge in [-0.1, -0.05) is 54.2 Å². The molecule has 8 nitrogen and oxygen atoms in total. The number of ether oxygens (including phenoxy) is 1. The lowest BCUT2D eigenvalue weighted by Gasteiger charge is -2.25. The summed E-state index contributed by atoms with van der Waals surface area (Å²) >= 11 is 1.34. The number of imidazole rings is 1. The lowest BCUT2D eigenvalue weighted by atomic mass is 10.1. The van der Waals surface area contributed by atoms with Gasteiger partial charge in [-0.2, -0.15) is 0 Å². The molecule has 0 saturated heterocycles. The summed E-state index contributed by atoms with van der Waals surface area (Å²) in [4.78, 5) is 12.5. The van der Waals surface area contributed by atoms with Crippen LogP contribution in [0, 0.1) is 17.5 Å². The summed E-state index contributed by atoms with van der Waals surface area (Å²) in [5.74, 6) is -3.08. The van der Waals surface area contributed by atoms with Gasteiger partial charge in [0.15, 0.2) is 15.9 Å². The van der Waals surface area contributed by atoms with Crippen molar-refractivity contribution in [3.63, 3.8) is 0 Å². The maximum Gasteiger partial charge on any atom is 0.272 e. The zero-order valence-electron chi connectivity index (χ0n) is 23.3. The van der Waals surface area contributed by atoms with E-state index in [0.717, 1.165) is 23.8 Å². The van der Waals surface area contributed by atoms with Crippen molar-refractivity contribution >= 4 is 27.5 Å². The minimum atomic E-state index is -4.95. The Bertz CT molecular complexity index is 1870. The summed E-state index contributed by atoms with van der Waals surface area (Å²) < 4.78 is 80.5. The Hall–Kier alpha value is -4.20. The second kappa shape index (κ2) is 12.6. The Labute approximate surface area is 251 Å². The first kappa shape index (κ1) is 30.3. The van der Waals surface area contributed by atoms with Gasteiger partial charge in [0.25, 0.3) is 10.0 Å². The molecule has 0 N–H and O–H groups in total. The predicted molar refractivity (Wildman–Crippen MR) is 159 cm³/mol. The van der Waals surface area contributed by atoms with Gasteiger partial charge in [-0.15, -0.1) is 0 Å². The van der Waals surface area contributed by atoms with E-state index in [9.17, 15) is 17.2 Å². The predicted octanol–water partition coefficient (Wildman–Crippen LogP) is 6.63. The number of hydrogen-bond donors (Lipinski definition) is 0. The van der Waals surface area contributed by atoms with Crippen LogP contribution in [0.25, 0.3) is 34.0 Å². The molecule has 0 bridgehead atoms. The van der Waals surface area contributed by atoms with E-state index in [0.29, 0.717) is 33.2 Å². The molecule has 5 aromatic rings. The van der Waals surface area contributed by atoms with Crippen LogP contribution in [-0.2, 0) is 21.3 Å². The quantitative estimate of drug-likeness (QED) is 0.0978. The van der Waals surface area contributed by atoms with Gasteiger partial charge in [-0.05, 0) is 43.5 Å². The first-order valence-electron chi connectivity index (χ1n) is 13.0. The van der Waals surface area contributed by atoms with E-state index in [1.807, 2.05) is 48.1 Å². The number of thioether (sulfide) groups is 1. The van der Waals surface area contributed by atoms with Crippen molar-refractivity contribution in [2.75, 3.05) is 24.4 Å². The number of sulfonamides is 1. The van der Waals surface area contributed by atoms with Crippen LogP contribution in [0.1, 0.15) is 6.92 Å². The molecule has 2 aromatic heterocycles. The Morgan fingerprint density at radius 2 is 1.63 bits per heavy atom. The highest BCUT2D eigenvalue weighted by molar-refractivity contribution is 7.98. The summed E-state index contributed by atoms with van der Waals surface area (Å²) in [6.45, 7) is 1.65. The molecule has 0 spiro atoms. The highest BCUT2D eigenvalue weighted by Crippen LogP contribution is 2.40. The Kier molecular flexibility index (Phi) is 8.85. The molecule has 3 aromatic carbocycles. The molecule has 5 rings (SSSR count). The third-order valence-electron chi connectivity index (χ3n) is 6.59. The topological polar surface area (TPSA) is 90.2 Å². The summed E-state index contributed by atoms with van der Waals surface area (Å²) in [7, 11) is -3.76. The van der Waals surface area contributed by atoms with Crippen LogP contribution in [0.15, 0.2) is 89.0 Å². The van der Waals surface area contributed by atoms with Crippen LogP contribution in [0.3, 0.4) is 0 Å². The zero-order valence-corrected chi connectivity index (χ0v) is 25.0. The lowest BCUT2D eigenvalue weighted by molar-refractivity contribution is 0.209. The fourth-order valence-electron chi connectivity index (χ4n) is 4.71. The highest BCUT2D eigenvalue weighted by atomic mass is 32.2. The molecule has 0 aliphatic rings. The second-order valence-corrected chi connectivity index (χ2v) is 11.7. The third kappa shape index (κ3) is 5.63. The van der Waals surface area contributed by atoms with Crippen molar-refractivity contribution < 1.29 is 26.3 Å². The van der Waals surface area contributed by atoms with Crippen molar-refractivity contribution in [3.8, 4) is 34.0 Å². The van der Waals surface area contributed by atoms with Crippen LogP contribution < -0.4 is 4.31 Å². The number of benzene rings is 3. The van der Waals surface area contributed by atoms with E-state index in [1.54, 1.807) is 12.3 Å². The standard InChI is InChI=1S/C30H26F3N5O3S2/c1-4-37-27(23-16-17-34-30(35-23)42-3)26(36-29(37)19-10-6-5-7-11-19)20-12-8-15-24(25(20)33)38(18-41-2)43(39,40)28-21(31)13-9-14-22(28)32/h5-17H,4,18H2,1-3H3. The molecule has 0 aliphatic heterocycles. The molecular weight excluding hydrogens is 599 g/mol. The number of anilines is 1. The number of aromatic nitrogens is 4. The number of rotatable bonds is 10. The SMILES string of the molecule is CCn1c(-c2ccccc2)nc(-c2cccc(N(COC)S(=O)(=O)c3c(F)cccc3F)c2F)c1-c1ccnc(SC)n1. The van der Waals surface area contributed by atoms with Crippen molar-refractivity contribution in [1.82, 2.24) is 19.5 Å². The number of methoxy groups -OCH3 is 1. The molecule has 222 valence electrons. The molecule has 13 heteroatoms. The molecule has 2 heterocycles. The van der Waals surface area contributed by atoms with Crippen LogP contribution in [0.2, 0.25) is 0 Å². The van der Waals surface area contributed by atoms with E-state index in [2.05, 4.69) is 9.97 Å². The maximum absolute atomic E-state index is 16.6. The Morgan fingerprint density at radius 1 is 0.930 bits per heavy atom. The van der Waals surface area contributed by atoms with E-state index in [1.165, 1.54) is 37.1 Å². The van der Waals surface area contributed by atoms with Gasteiger partial charge in [-0.3, -0.25) is 0 Å². The zero-order chi connectivity index (χ0) is 30.7. The molecule has 0 atom stereocenters. The van der Waals surface area contributed by atoms with Crippen molar-refractivity contribution in [2.24, 2.45) is 0 Å². The smallest absolute Gasteiger partial charge is 0.272 e. The number of halogens is 3. The second-order valence-electron chi connectivity index (χ2n) is 9.13. The molecule has 43 heavy (non-hydrogen) atoms. The Balaban J connectivity index is 1.77. The minimum absolute atomic E-state index is 0.0495. The first-order chi connectivity index (χ1) is 20.7. The monoisotopic (exact) mass is 625 g/mol. The molecule has 0 fully saturated rings. The minimum Gasteiger partial charge on any atom is -0.363 e. The molecule has 0 aliphatic carbocycles. The van der Waals surface area contributed by atoms with Gasteiger partial charge in [0, 0.05) is 31.0 Å². The summed E-state index contributed by atoms with van der Waals surface area (Å²) in [5, 5.41) is 0.493. The molecule has 0 radical (unpaired) electrons. The van der Waals surface area contributed by atoms with E-state index in [-0.39, 0.29) is 11.3 Å². The largest absolute Gasteiger partial charge is 0.363 e. The first-order valence-corrected chi connectivity index (χ1v) is 15.7. The number of nitrogens with zero attached hydrogens (tertiary/aromatic N) is 5. The fourth-order valence-corrected chi connectivity index (χ4v) is 6.56. The van der Waals surface area contributed by atoms with Gasteiger partial charge in [-0.25, -0.2) is 40.8 Å². The number of hydrogen-bond acceptors (Lipinski definition) is 7. The lowest BCUT2D eigenvalue weighted by Crippen LogP contribution is -2.34. The Morgan fingerprint density at radius 3 is 2.28 bits per heavy atom. The normalized spacial score (nSPS) is 11.6. The summed E-state index contributed by atoms with van der Waals surface area (Å²) in [6, 6.07) is 17.8. The molecular formula is C30H26F3N5O3S2. The van der Waals surface area contributed by atoms with Crippen LogP contribution >= 0.6 is 11.8 Å². The van der Waals surface area contributed by atoms with Gasteiger partial charge in [0.1, 0.15) is 29.9 Å². The van der Waals surface area contributed by atoms with E-state index < -0.39 is 44.8 Å². The average Bonchev–Trinajstić information content (AvgIpc) is 3.40. The van der Waals surface area contributed by atoms with Crippen LogP contribution in [0.4, 0.5) is 18.9 Å². The highest BCUT2D eigenvalue weighted by Gasteiger charge is 2.34. The molecule has 0 saturated carbocycles. The fraction of sp³-hybridized carbons (Fsp3) is 0.167. The average molecular weight is 626 g/mol. The molecule has 0 unspecified atom stereocenters. The van der Waals surface area contributed by atoms with Crippen molar-refractivity contribution in [1.29, 1.82) is 0 Å². The van der Waals surface area contributed by atoms with Crippen LogP contribution in [0.5, 0.6) is 0 Å². The summed E-state index contributed by atoms with van der Waals surface area (Å²) in [6.07, 6.45) is 3.43. The van der Waals surface area contributed by atoms with Gasteiger partial charge in [0.05, 0.1) is 17.1 Å². The van der Waals surface area contributed by atoms with E-state index >= 15 is 4.39 Å². The van der Waals surface area contributed by atoms with Gasteiger partial charge < -0.3 is 9.30 Å². The molecule has 0 amide bonds. The third-order valence-corrected chi connectivity index (χ3v) is 8.94. The summed E-state index contributed by atoms with van der Waals surface area (Å²) in [5.41, 5.74) is 1.39. The van der Waals surface area contributed by atoms with Gasteiger partial charge in [0.2, 0.25) is 0 Å². The van der Waals surface area contributed by atoms with Gasteiger partial charge >= 0.3 is 0 Å². The van der Waals surface area contributed by atoms with E-state index in [4.69, 9.17) is 9.72 Å². The van der Waals surface area contributed by atoms with Crippen molar-refractivity contribution in [2.45, 2.75) is 23.5 Å².